The zero-order valence-electron chi connectivity index (χ0n) is 10.1. The Labute approximate surface area is 110 Å². The third-order valence-corrected chi connectivity index (χ3v) is 2.79. The lowest BCUT2D eigenvalue weighted by atomic mass is 10.1. The first-order valence-corrected chi connectivity index (χ1v) is 5.88. The van der Waals surface area contributed by atoms with Crippen LogP contribution in [0.4, 0.5) is 11.5 Å². The van der Waals surface area contributed by atoms with E-state index in [0.29, 0.717) is 11.5 Å². The van der Waals surface area contributed by atoms with Crippen LogP contribution in [0.15, 0.2) is 71.0 Å². The molecule has 0 unspecified atom stereocenters. The van der Waals surface area contributed by atoms with Crippen molar-refractivity contribution in [1.29, 1.82) is 0 Å². The molecule has 0 saturated carbocycles. The van der Waals surface area contributed by atoms with Gasteiger partial charge in [-0.3, -0.25) is 0 Å². The Morgan fingerprint density at radius 2 is 1.68 bits per heavy atom. The fraction of sp³-hybridized carbons (Fsp3) is 0. The summed E-state index contributed by atoms with van der Waals surface area (Å²) in [7, 11) is 0. The number of rotatable bonds is 2. The summed E-state index contributed by atoms with van der Waals surface area (Å²) < 4.78 is 0. The van der Waals surface area contributed by atoms with Gasteiger partial charge in [-0.05, 0) is 23.6 Å². The van der Waals surface area contributed by atoms with Gasteiger partial charge in [-0.1, -0.05) is 36.4 Å². The minimum absolute atomic E-state index is 0.137. The highest BCUT2D eigenvalue weighted by Crippen LogP contribution is 2.35. The molecular formula is C15H11N3O. The number of aromatic nitrogens is 1. The zero-order valence-corrected chi connectivity index (χ0v) is 10.1. The van der Waals surface area contributed by atoms with Gasteiger partial charge < -0.3 is 5.11 Å². The third kappa shape index (κ3) is 2.28. The summed E-state index contributed by atoms with van der Waals surface area (Å²) in [6.07, 6.45) is 1.65. The Kier molecular flexibility index (Phi) is 2.90. The Balaban J connectivity index is 2.02. The van der Waals surface area contributed by atoms with E-state index in [0.717, 1.165) is 10.8 Å². The van der Waals surface area contributed by atoms with Crippen LogP contribution < -0.4 is 0 Å². The van der Waals surface area contributed by atoms with E-state index in [2.05, 4.69) is 15.2 Å². The van der Waals surface area contributed by atoms with Crippen molar-refractivity contribution in [1.82, 2.24) is 4.98 Å². The molecule has 3 rings (SSSR count). The largest absolute Gasteiger partial charge is 0.505 e. The Bertz CT molecular complexity index is 739. The monoisotopic (exact) mass is 249 g/mol. The van der Waals surface area contributed by atoms with Crippen molar-refractivity contribution in [3.63, 3.8) is 0 Å². The van der Waals surface area contributed by atoms with Crippen molar-refractivity contribution in [2.45, 2.75) is 0 Å². The molecule has 1 heterocycles. The minimum atomic E-state index is 0.137. The van der Waals surface area contributed by atoms with Gasteiger partial charge in [0.15, 0.2) is 11.6 Å². The Hall–Kier alpha value is -2.75. The highest BCUT2D eigenvalue weighted by atomic mass is 16.3. The molecule has 1 N–H and O–H groups in total. The summed E-state index contributed by atoms with van der Waals surface area (Å²) in [5.41, 5.74) is 0.435. The summed E-state index contributed by atoms with van der Waals surface area (Å²) >= 11 is 0. The molecule has 4 nitrogen and oxygen atoms in total. The molecule has 0 radical (unpaired) electrons. The van der Waals surface area contributed by atoms with Crippen LogP contribution in [0.2, 0.25) is 0 Å². The number of aromatic hydroxyl groups is 1. The Morgan fingerprint density at radius 3 is 2.53 bits per heavy atom. The lowest BCUT2D eigenvalue weighted by Crippen LogP contribution is -1.75. The predicted octanol–water partition coefficient (Wildman–Crippen LogP) is 4.36. The van der Waals surface area contributed by atoms with Crippen LogP contribution in [0.25, 0.3) is 10.8 Å². The second-order valence-corrected chi connectivity index (χ2v) is 4.04. The van der Waals surface area contributed by atoms with Gasteiger partial charge in [0.2, 0.25) is 0 Å². The number of benzene rings is 2. The quantitative estimate of drug-likeness (QED) is 0.686. The van der Waals surface area contributed by atoms with Gasteiger partial charge in [-0.25, -0.2) is 4.98 Å². The van der Waals surface area contributed by atoms with E-state index in [1.54, 1.807) is 18.3 Å². The second kappa shape index (κ2) is 4.86. The number of nitrogens with zero attached hydrogens (tertiary/aromatic N) is 3. The summed E-state index contributed by atoms with van der Waals surface area (Å²) in [5, 5.41) is 19.9. The molecule has 0 aliphatic rings. The zero-order chi connectivity index (χ0) is 13.1. The molecule has 2 aromatic carbocycles. The first-order chi connectivity index (χ1) is 9.34. The van der Waals surface area contributed by atoms with Crippen LogP contribution in [0, 0.1) is 0 Å². The van der Waals surface area contributed by atoms with Crippen LogP contribution in [0.3, 0.4) is 0 Å². The molecule has 3 aromatic rings. The van der Waals surface area contributed by atoms with Crippen LogP contribution in [-0.2, 0) is 0 Å². The number of fused-ring (bicyclic) bond motifs is 1. The molecule has 0 atom stereocenters. The minimum Gasteiger partial charge on any atom is -0.505 e. The maximum absolute atomic E-state index is 10.2. The molecule has 0 spiro atoms. The summed E-state index contributed by atoms with van der Waals surface area (Å²) in [6.45, 7) is 0. The molecule has 1 aromatic heterocycles. The fourth-order valence-corrected chi connectivity index (χ4v) is 1.84. The van der Waals surface area contributed by atoms with Crippen molar-refractivity contribution in [3.8, 4) is 5.75 Å². The Morgan fingerprint density at radius 1 is 0.842 bits per heavy atom. The van der Waals surface area contributed by atoms with Crippen molar-refractivity contribution >= 4 is 22.3 Å². The number of phenols is 1. The topological polar surface area (TPSA) is 57.8 Å². The van der Waals surface area contributed by atoms with Gasteiger partial charge in [-0.2, -0.15) is 0 Å². The maximum Gasteiger partial charge on any atom is 0.174 e. The first kappa shape index (κ1) is 11.3. The van der Waals surface area contributed by atoms with E-state index in [1.807, 2.05) is 42.5 Å². The molecule has 4 heteroatoms. The molecular weight excluding hydrogens is 238 g/mol. The third-order valence-electron chi connectivity index (χ3n) is 2.79. The normalized spacial score (nSPS) is 11.2. The van der Waals surface area contributed by atoms with E-state index in [1.165, 1.54) is 0 Å². The molecule has 0 bridgehead atoms. The summed E-state index contributed by atoms with van der Waals surface area (Å²) in [6, 6.07) is 16.6. The molecule has 0 aliphatic heterocycles. The van der Waals surface area contributed by atoms with Crippen LogP contribution >= 0.6 is 0 Å². The highest BCUT2D eigenvalue weighted by molar-refractivity contribution is 5.92. The average Bonchev–Trinajstić information content (AvgIpc) is 2.48. The summed E-state index contributed by atoms with van der Waals surface area (Å²) in [4.78, 5) is 4.04. The number of hydrogen-bond acceptors (Lipinski definition) is 4. The smallest absolute Gasteiger partial charge is 0.174 e. The molecule has 0 saturated heterocycles. The van der Waals surface area contributed by atoms with Crippen LogP contribution in [-0.4, -0.2) is 10.1 Å². The fourth-order valence-electron chi connectivity index (χ4n) is 1.84. The SMILES string of the molecule is Oc1c(/N=N/c2ccccn2)ccc2ccccc12. The maximum atomic E-state index is 10.2. The number of azo groups is 1. The van der Waals surface area contributed by atoms with Gasteiger partial charge >= 0.3 is 0 Å². The van der Waals surface area contributed by atoms with E-state index in [4.69, 9.17) is 0 Å². The van der Waals surface area contributed by atoms with Gasteiger partial charge in [0.25, 0.3) is 0 Å². The van der Waals surface area contributed by atoms with Gasteiger partial charge in [-0.15, -0.1) is 10.2 Å². The van der Waals surface area contributed by atoms with Gasteiger partial charge in [0.1, 0.15) is 5.69 Å². The molecule has 19 heavy (non-hydrogen) atoms. The number of pyridine rings is 1. The van der Waals surface area contributed by atoms with Crippen molar-refractivity contribution in [3.05, 3.63) is 60.8 Å². The van der Waals surface area contributed by atoms with Crippen LogP contribution in [0.1, 0.15) is 0 Å². The molecule has 0 aliphatic carbocycles. The average molecular weight is 249 g/mol. The number of phenolic OH excluding ortho intramolecular Hbond substituents is 1. The second-order valence-electron chi connectivity index (χ2n) is 4.04. The van der Waals surface area contributed by atoms with Crippen molar-refractivity contribution in [2.24, 2.45) is 10.2 Å². The standard InChI is InChI=1S/C15H11N3O/c19-15-12-6-2-1-5-11(12)8-9-13(15)17-18-14-7-3-4-10-16-14/h1-10,19H/b18-17+. The van der Waals surface area contributed by atoms with Crippen molar-refractivity contribution in [2.75, 3.05) is 0 Å². The lowest BCUT2D eigenvalue weighted by molar-refractivity contribution is 0.482. The molecule has 92 valence electrons. The van der Waals surface area contributed by atoms with E-state index in [-0.39, 0.29) is 5.75 Å². The predicted molar refractivity (Wildman–Crippen MR) is 74.0 cm³/mol. The van der Waals surface area contributed by atoms with E-state index < -0.39 is 0 Å². The first-order valence-electron chi connectivity index (χ1n) is 5.88. The van der Waals surface area contributed by atoms with E-state index in [9.17, 15) is 5.11 Å². The lowest BCUT2D eigenvalue weighted by Gasteiger charge is -2.02. The van der Waals surface area contributed by atoms with Crippen LogP contribution in [0.5, 0.6) is 5.75 Å². The van der Waals surface area contributed by atoms with E-state index >= 15 is 0 Å². The number of hydrogen-bond donors (Lipinski definition) is 1. The van der Waals surface area contributed by atoms with Gasteiger partial charge in [0.05, 0.1) is 0 Å². The highest BCUT2D eigenvalue weighted by Gasteiger charge is 2.04. The summed E-state index contributed by atoms with van der Waals surface area (Å²) in [5.74, 6) is 0.646. The van der Waals surface area contributed by atoms with Crippen molar-refractivity contribution < 1.29 is 5.11 Å². The van der Waals surface area contributed by atoms with Gasteiger partial charge in [0, 0.05) is 11.6 Å². The molecule has 0 fully saturated rings. The molecule has 0 amide bonds.